The van der Waals surface area contributed by atoms with Crippen LogP contribution in [0.2, 0.25) is 0 Å². The lowest BCUT2D eigenvalue weighted by Crippen LogP contribution is -1.91. The van der Waals surface area contributed by atoms with Gasteiger partial charge in [0, 0.05) is 6.20 Å². The molecule has 14 heavy (non-hydrogen) atoms. The van der Waals surface area contributed by atoms with Gasteiger partial charge >= 0.3 is 0 Å². The van der Waals surface area contributed by atoms with Gasteiger partial charge in [-0.15, -0.1) is 6.42 Å². The number of terminal acetylenes is 1. The molecule has 2 heterocycles. The lowest BCUT2D eigenvalue weighted by molar-refractivity contribution is 0.923. The van der Waals surface area contributed by atoms with Crippen LogP contribution >= 0.6 is 0 Å². The molecular weight excluding hydrogens is 174 g/mol. The average molecular weight is 187 g/mol. The lowest BCUT2D eigenvalue weighted by Gasteiger charge is -1.89. The molecule has 0 fully saturated rings. The number of fused-ring (bicyclic) bond motifs is 1. The second kappa shape index (κ2) is 5.03. The zero-order valence-corrected chi connectivity index (χ0v) is 8.44. The zero-order chi connectivity index (χ0) is 10.4. The quantitative estimate of drug-likeness (QED) is 0.591. The van der Waals surface area contributed by atoms with E-state index in [0.717, 1.165) is 5.65 Å². The van der Waals surface area contributed by atoms with Crippen LogP contribution in [0.1, 0.15) is 26.0 Å². The monoisotopic (exact) mass is 187 g/mol. The number of nitrogens with zero attached hydrogens (tertiary/aromatic N) is 3. The highest BCUT2D eigenvalue weighted by Crippen LogP contribution is 2.00. The first-order chi connectivity index (χ1) is 6.83. The van der Waals surface area contributed by atoms with Gasteiger partial charge in [-0.05, 0) is 18.1 Å². The van der Waals surface area contributed by atoms with Gasteiger partial charge in [0.1, 0.15) is 5.69 Å². The van der Waals surface area contributed by atoms with E-state index >= 15 is 0 Å². The molecule has 0 bridgehead atoms. The second-order valence-electron chi connectivity index (χ2n) is 2.79. The normalized spacial score (nSPS) is 8.93. The van der Waals surface area contributed by atoms with Gasteiger partial charge in [-0.25, -0.2) is 9.50 Å². The number of imidazole rings is 1. The zero-order valence-electron chi connectivity index (χ0n) is 8.44. The van der Waals surface area contributed by atoms with E-state index in [0.29, 0.717) is 5.69 Å². The van der Waals surface area contributed by atoms with Crippen LogP contribution in [0.4, 0.5) is 0 Å². The van der Waals surface area contributed by atoms with Crippen molar-refractivity contribution in [2.75, 3.05) is 0 Å². The van der Waals surface area contributed by atoms with Gasteiger partial charge in [-0.2, -0.15) is 5.10 Å². The summed E-state index contributed by atoms with van der Waals surface area (Å²) in [5.74, 6) is 2.49. The van der Waals surface area contributed by atoms with Crippen LogP contribution < -0.4 is 0 Å². The molecule has 0 amide bonds. The molecule has 0 unspecified atom stereocenters. The summed E-state index contributed by atoms with van der Waals surface area (Å²) in [6, 6.07) is 3.68. The molecule has 2 rings (SSSR count). The highest BCUT2D eigenvalue weighted by molar-refractivity contribution is 5.41. The predicted molar refractivity (Wildman–Crippen MR) is 56.9 cm³/mol. The van der Waals surface area contributed by atoms with Gasteiger partial charge in [0.2, 0.25) is 0 Å². The minimum atomic E-state index is 0.681. The third-order valence-electron chi connectivity index (χ3n) is 1.43. The number of hydrogen-bond acceptors (Lipinski definition) is 2. The van der Waals surface area contributed by atoms with Crippen LogP contribution in [0, 0.1) is 12.3 Å². The van der Waals surface area contributed by atoms with Crippen molar-refractivity contribution >= 4 is 5.65 Å². The molecule has 72 valence electrons. The third-order valence-corrected chi connectivity index (χ3v) is 1.43. The van der Waals surface area contributed by atoms with Crippen molar-refractivity contribution in [3.05, 3.63) is 30.2 Å². The van der Waals surface area contributed by atoms with Crippen molar-refractivity contribution < 1.29 is 0 Å². The first-order valence-corrected chi connectivity index (χ1v) is 4.58. The van der Waals surface area contributed by atoms with E-state index in [1.165, 1.54) is 6.42 Å². The number of rotatable bonds is 0. The summed E-state index contributed by atoms with van der Waals surface area (Å²) < 4.78 is 1.62. The molecule has 2 aromatic rings. The Morgan fingerprint density at radius 2 is 2.21 bits per heavy atom. The first kappa shape index (κ1) is 10.3. The van der Waals surface area contributed by atoms with Crippen LogP contribution in [0.15, 0.2) is 24.5 Å². The predicted octanol–water partition coefficient (Wildman–Crippen LogP) is 2.13. The van der Waals surface area contributed by atoms with Crippen molar-refractivity contribution in [1.82, 2.24) is 14.6 Å². The van der Waals surface area contributed by atoms with Crippen LogP contribution in [0.25, 0.3) is 5.65 Å². The van der Waals surface area contributed by atoms with Crippen LogP contribution in [-0.4, -0.2) is 14.6 Å². The number of aromatic nitrogens is 3. The fourth-order valence-corrected chi connectivity index (χ4v) is 0.928. The SMILES string of the molecule is C#Cc1cnc2cccnn12.CCC. The molecule has 3 heteroatoms. The Morgan fingerprint density at radius 1 is 1.50 bits per heavy atom. The minimum absolute atomic E-state index is 0.681. The summed E-state index contributed by atoms with van der Waals surface area (Å²) in [5, 5.41) is 4.02. The lowest BCUT2D eigenvalue weighted by atomic mass is 10.5. The van der Waals surface area contributed by atoms with Crippen LogP contribution in [0.3, 0.4) is 0 Å². The number of hydrogen-bond donors (Lipinski definition) is 0. The van der Waals surface area contributed by atoms with Gasteiger partial charge < -0.3 is 0 Å². The molecule has 3 nitrogen and oxygen atoms in total. The maximum atomic E-state index is 5.21. The van der Waals surface area contributed by atoms with Gasteiger partial charge in [0.15, 0.2) is 5.65 Å². The molecule has 0 saturated heterocycles. The van der Waals surface area contributed by atoms with E-state index in [1.807, 2.05) is 12.1 Å². The minimum Gasteiger partial charge on any atom is -0.234 e. The maximum absolute atomic E-state index is 5.21. The van der Waals surface area contributed by atoms with Crippen molar-refractivity contribution in [2.45, 2.75) is 20.3 Å². The maximum Gasteiger partial charge on any atom is 0.154 e. The Kier molecular flexibility index (Phi) is 3.69. The van der Waals surface area contributed by atoms with E-state index in [9.17, 15) is 0 Å². The van der Waals surface area contributed by atoms with Gasteiger partial charge in [-0.1, -0.05) is 20.3 Å². The summed E-state index contributed by atoms with van der Waals surface area (Å²) in [7, 11) is 0. The van der Waals surface area contributed by atoms with Crippen molar-refractivity contribution in [3.8, 4) is 12.3 Å². The van der Waals surface area contributed by atoms with Crippen molar-refractivity contribution in [3.63, 3.8) is 0 Å². The molecule has 0 aliphatic carbocycles. The largest absolute Gasteiger partial charge is 0.234 e. The van der Waals surface area contributed by atoms with Gasteiger partial charge in [-0.3, -0.25) is 0 Å². The molecular formula is C11H13N3. The molecule has 0 aliphatic rings. The summed E-state index contributed by atoms with van der Waals surface area (Å²) in [5.41, 5.74) is 1.46. The molecule has 0 aromatic carbocycles. The van der Waals surface area contributed by atoms with Gasteiger partial charge in [0.05, 0.1) is 6.20 Å². The Labute approximate surface area is 83.8 Å². The highest BCUT2D eigenvalue weighted by Gasteiger charge is 1.97. The molecule has 2 aromatic heterocycles. The van der Waals surface area contributed by atoms with E-state index in [2.05, 4.69) is 29.9 Å². The first-order valence-electron chi connectivity index (χ1n) is 4.58. The summed E-state index contributed by atoms with van der Waals surface area (Å²) >= 11 is 0. The molecule has 0 saturated carbocycles. The fraction of sp³-hybridized carbons (Fsp3) is 0.273. The van der Waals surface area contributed by atoms with E-state index < -0.39 is 0 Å². The Bertz CT molecular complexity index is 437. The summed E-state index contributed by atoms with van der Waals surface area (Å²) in [6.07, 6.45) is 9.76. The van der Waals surface area contributed by atoms with E-state index in [-0.39, 0.29) is 0 Å². The molecule has 0 aliphatic heterocycles. The Hall–Kier alpha value is -1.82. The summed E-state index contributed by atoms with van der Waals surface area (Å²) in [6.45, 7) is 4.25. The van der Waals surface area contributed by atoms with E-state index in [1.54, 1.807) is 16.9 Å². The standard InChI is InChI=1S/C8H5N3.C3H8/c1-2-7-6-9-8-4-3-5-10-11(7)8;1-3-2/h1,3-6H;3H2,1-2H3. The molecule has 0 spiro atoms. The molecule has 0 radical (unpaired) electrons. The Morgan fingerprint density at radius 3 is 2.86 bits per heavy atom. The topological polar surface area (TPSA) is 30.2 Å². The Balaban J connectivity index is 0.000000293. The third kappa shape index (κ3) is 2.11. The summed E-state index contributed by atoms with van der Waals surface area (Å²) in [4.78, 5) is 4.05. The van der Waals surface area contributed by atoms with E-state index in [4.69, 9.17) is 6.42 Å². The molecule has 0 atom stereocenters. The highest BCUT2D eigenvalue weighted by atomic mass is 15.2. The van der Waals surface area contributed by atoms with Crippen molar-refractivity contribution in [1.29, 1.82) is 0 Å². The van der Waals surface area contributed by atoms with Crippen molar-refractivity contribution in [2.24, 2.45) is 0 Å². The smallest absolute Gasteiger partial charge is 0.154 e. The average Bonchev–Trinajstić information content (AvgIpc) is 2.62. The molecule has 0 N–H and O–H groups in total. The second-order valence-corrected chi connectivity index (χ2v) is 2.79. The van der Waals surface area contributed by atoms with Crippen LogP contribution in [0.5, 0.6) is 0 Å². The van der Waals surface area contributed by atoms with Crippen LogP contribution in [-0.2, 0) is 0 Å². The van der Waals surface area contributed by atoms with Gasteiger partial charge in [0.25, 0.3) is 0 Å². The fourth-order valence-electron chi connectivity index (χ4n) is 0.928.